The van der Waals surface area contributed by atoms with Gasteiger partial charge in [-0.2, -0.15) is 0 Å². The molecule has 0 bridgehead atoms. The zero-order valence-electron chi connectivity index (χ0n) is 18.7. The van der Waals surface area contributed by atoms with E-state index in [2.05, 4.69) is 27.4 Å². The predicted molar refractivity (Wildman–Crippen MR) is 111 cm³/mol. The number of carbonyl (C=O) groups is 1. The number of hydrogen-bond acceptors (Lipinski definition) is 6. The van der Waals surface area contributed by atoms with Crippen LogP contribution in [0.4, 0.5) is 0 Å². The van der Waals surface area contributed by atoms with Gasteiger partial charge in [-0.05, 0) is 31.6 Å². The van der Waals surface area contributed by atoms with Crippen molar-refractivity contribution < 1.29 is 28.5 Å². The van der Waals surface area contributed by atoms with E-state index in [1.807, 2.05) is 13.0 Å². The second-order valence-electron chi connectivity index (χ2n) is 8.65. The Bertz CT molecular complexity index is 523. The van der Waals surface area contributed by atoms with Gasteiger partial charge in [-0.3, -0.25) is 4.79 Å². The van der Waals surface area contributed by atoms with Gasteiger partial charge in [0.05, 0.1) is 6.42 Å². The lowest BCUT2D eigenvalue weighted by molar-refractivity contribution is -0.296. The molecular formula is C23H40O6. The Hall–Kier alpha value is -0.950. The third-order valence-corrected chi connectivity index (χ3v) is 6.51. The van der Waals surface area contributed by atoms with E-state index in [0.717, 1.165) is 38.5 Å². The largest absolute Gasteiger partial charge is 0.456 e. The van der Waals surface area contributed by atoms with E-state index in [4.69, 9.17) is 23.7 Å². The van der Waals surface area contributed by atoms with Gasteiger partial charge in [0.15, 0.2) is 6.10 Å². The summed E-state index contributed by atoms with van der Waals surface area (Å²) < 4.78 is 29.7. The van der Waals surface area contributed by atoms with Crippen molar-refractivity contribution in [1.82, 2.24) is 0 Å². The van der Waals surface area contributed by atoms with Crippen molar-refractivity contribution in [1.29, 1.82) is 0 Å². The van der Waals surface area contributed by atoms with Gasteiger partial charge in [0.2, 0.25) is 0 Å². The zero-order chi connectivity index (χ0) is 21.3. The highest BCUT2D eigenvalue weighted by Crippen LogP contribution is 2.54. The minimum Gasteiger partial charge on any atom is -0.456 e. The summed E-state index contributed by atoms with van der Waals surface area (Å²) in [6.45, 7) is 14.1. The van der Waals surface area contributed by atoms with Crippen molar-refractivity contribution >= 4 is 5.97 Å². The van der Waals surface area contributed by atoms with Crippen LogP contribution >= 0.6 is 0 Å². The Morgan fingerprint density at radius 3 is 2.45 bits per heavy atom. The van der Waals surface area contributed by atoms with E-state index in [9.17, 15) is 4.79 Å². The van der Waals surface area contributed by atoms with Gasteiger partial charge in [0.25, 0.3) is 0 Å². The van der Waals surface area contributed by atoms with Crippen LogP contribution in [-0.4, -0.2) is 50.6 Å². The zero-order valence-corrected chi connectivity index (χ0v) is 18.7. The minimum absolute atomic E-state index is 0.172. The first-order valence-electron chi connectivity index (χ1n) is 11.2. The summed E-state index contributed by atoms with van der Waals surface area (Å²) in [5.74, 6) is -0.00870. The maximum Gasteiger partial charge on any atom is 0.307 e. The fourth-order valence-corrected chi connectivity index (χ4v) is 4.42. The summed E-state index contributed by atoms with van der Waals surface area (Å²) in [6, 6.07) is 0. The average molecular weight is 413 g/mol. The Kier molecular flexibility index (Phi) is 9.60. The molecule has 29 heavy (non-hydrogen) atoms. The van der Waals surface area contributed by atoms with Crippen molar-refractivity contribution in [3.63, 3.8) is 0 Å². The van der Waals surface area contributed by atoms with E-state index in [1.54, 1.807) is 0 Å². The SMILES string of the molecule is C=C[C@@]1(C)CC(=O)OC2C(OCOCCCC)C(C)CC[C@@]21OCOCCCC. The lowest BCUT2D eigenvalue weighted by atomic mass is 9.59. The Morgan fingerprint density at radius 2 is 1.83 bits per heavy atom. The lowest BCUT2D eigenvalue weighted by Gasteiger charge is -2.58. The van der Waals surface area contributed by atoms with E-state index < -0.39 is 17.1 Å². The highest BCUT2D eigenvalue weighted by Gasteiger charge is 2.63. The molecule has 0 N–H and O–H groups in total. The molecule has 6 heteroatoms. The Morgan fingerprint density at radius 1 is 1.17 bits per heavy atom. The molecule has 2 fully saturated rings. The second kappa shape index (κ2) is 11.4. The highest BCUT2D eigenvalue weighted by atomic mass is 16.7. The Labute approximate surface area is 176 Å². The first kappa shape index (κ1) is 24.3. The molecule has 1 aliphatic heterocycles. The van der Waals surface area contributed by atoms with Gasteiger partial charge in [0, 0.05) is 18.6 Å². The molecule has 3 unspecified atom stereocenters. The monoisotopic (exact) mass is 412 g/mol. The van der Waals surface area contributed by atoms with Crippen LogP contribution in [0.3, 0.4) is 0 Å². The number of esters is 1. The number of rotatable bonds is 13. The van der Waals surface area contributed by atoms with E-state index in [1.165, 1.54) is 0 Å². The Balaban J connectivity index is 2.17. The number of unbranched alkanes of at least 4 members (excludes halogenated alkanes) is 2. The summed E-state index contributed by atoms with van der Waals surface area (Å²) >= 11 is 0. The smallest absolute Gasteiger partial charge is 0.307 e. The third-order valence-electron chi connectivity index (χ3n) is 6.51. The summed E-state index contributed by atoms with van der Waals surface area (Å²) in [4.78, 5) is 12.5. The van der Waals surface area contributed by atoms with Crippen LogP contribution < -0.4 is 0 Å². The molecule has 6 nitrogen and oxygen atoms in total. The number of ether oxygens (including phenoxy) is 5. The summed E-state index contributed by atoms with van der Waals surface area (Å²) in [7, 11) is 0. The summed E-state index contributed by atoms with van der Waals surface area (Å²) in [5, 5.41) is 0. The molecule has 168 valence electrons. The maximum absolute atomic E-state index is 12.5. The molecule has 1 saturated heterocycles. The molecule has 0 radical (unpaired) electrons. The molecule has 0 aromatic heterocycles. The molecule has 0 aromatic carbocycles. The van der Waals surface area contributed by atoms with E-state index in [0.29, 0.717) is 13.2 Å². The fraction of sp³-hybridized carbons (Fsp3) is 0.870. The molecule has 2 rings (SSSR count). The van der Waals surface area contributed by atoms with Crippen molar-refractivity contribution in [2.75, 3.05) is 26.8 Å². The maximum atomic E-state index is 12.5. The van der Waals surface area contributed by atoms with Crippen molar-refractivity contribution in [2.45, 2.75) is 90.4 Å². The van der Waals surface area contributed by atoms with E-state index >= 15 is 0 Å². The first-order valence-corrected chi connectivity index (χ1v) is 11.2. The van der Waals surface area contributed by atoms with Crippen LogP contribution in [0.2, 0.25) is 0 Å². The molecule has 5 atom stereocenters. The minimum atomic E-state index is -0.713. The van der Waals surface area contributed by atoms with Gasteiger partial charge < -0.3 is 23.7 Å². The molecule has 0 spiro atoms. The second-order valence-corrected chi connectivity index (χ2v) is 8.65. The van der Waals surface area contributed by atoms with Gasteiger partial charge >= 0.3 is 5.97 Å². The molecule has 0 aromatic rings. The van der Waals surface area contributed by atoms with Crippen LogP contribution in [0.5, 0.6) is 0 Å². The van der Waals surface area contributed by atoms with Gasteiger partial charge in [0.1, 0.15) is 25.3 Å². The van der Waals surface area contributed by atoms with Crippen molar-refractivity contribution in [3.05, 3.63) is 12.7 Å². The average Bonchev–Trinajstić information content (AvgIpc) is 2.70. The van der Waals surface area contributed by atoms with Crippen LogP contribution in [0, 0.1) is 11.3 Å². The molecule has 0 amide bonds. The normalized spacial score (nSPS) is 34.5. The summed E-state index contributed by atoms with van der Waals surface area (Å²) in [6.07, 6.45) is 7.10. The number of hydrogen-bond donors (Lipinski definition) is 0. The first-order chi connectivity index (χ1) is 13.9. The van der Waals surface area contributed by atoms with Crippen molar-refractivity contribution in [3.8, 4) is 0 Å². The fourth-order valence-electron chi connectivity index (χ4n) is 4.42. The number of fused-ring (bicyclic) bond motifs is 1. The quantitative estimate of drug-likeness (QED) is 0.190. The van der Waals surface area contributed by atoms with Crippen molar-refractivity contribution in [2.24, 2.45) is 11.3 Å². The molecule has 1 saturated carbocycles. The predicted octanol–water partition coefficient (Wildman–Crippen LogP) is 4.61. The molecule has 2 aliphatic rings. The van der Waals surface area contributed by atoms with Crippen LogP contribution in [0.25, 0.3) is 0 Å². The third kappa shape index (κ3) is 5.60. The topological polar surface area (TPSA) is 63.2 Å². The standard InChI is InChI=1S/C23H40O6/c1-6-9-13-25-16-27-20-18(4)11-12-23(28-17-26-14-10-7-2)21(20)29-19(24)15-22(23,5)8-3/h8,18,20-21H,3,6-7,9-17H2,1-2,4-5H3/t18?,20?,21?,22-,23+/m0/s1. The molecule has 1 heterocycles. The molecular weight excluding hydrogens is 372 g/mol. The van der Waals surface area contributed by atoms with E-state index in [-0.39, 0.29) is 38.0 Å². The summed E-state index contributed by atoms with van der Waals surface area (Å²) in [5.41, 5.74) is -1.26. The van der Waals surface area contributed by atoms with Gasteiger partial charge in [-0.25, -0.2) is 0 Å². The van der Waals surface area contributed by atoms with Gasteiger partial charge in [-0.15, -0.1) is 6.58 Å². The molecule has 1 aliphatic carbocycles. The van der Waals surface area contributed by atoms with Crippen LogP contribution in [-0.2, 0) is 28.5 Å². The lowest BCUT2D eigenvalue weighted by Crippen LogP contribution is -2.68. The van der Waals surface area contributed by atoms with Crippen LogP contribution in [0.15, 0.2) is 12.7 Å². The number of carbonyl (C=O) groups excluding carboxylic acids is 1. The highest BCUT2D eigenvalue weighted by molar-refractivity contribution is 5.73. The van der Waals surface area contributed by atoms with Gasteiger partial charge in [-0.1, -0.05) is 46.6 Å². The van der Waals surface area contributed by atoms with Crippen LogP contribution in [0.1, 0.15) is 72.6 Å².